The molecule has 0 saturated carbocycles. The molecule has 0 unspecified atom stereocenters. The highest BCUT2D eigenvalue weighted by Gasteiger charge is 2.26. The zero-order chi connectivity index (χ0) is 14.3. The van der Waals surface area contributed by atoms with Gasteiger partial charge in [-0.3, -0.25) is 10.1 Å². The molecule has 1 N–H and O–H groups in total. The van der Waals surface area contributed by atoms with Gasteiger partial charge in [0.2, 0.25) is 5.82 Å². The first-order valence-corrected chi connectivity index (χ1v) is 6.04. The summed E-state index contributed by atoms with van der Waals surface area (Å²) in [4.78, 5) is 18.7. The molecule has 1 rings (SSSR count). The highest BCUT2D eigenvalue weighted by atomic mass is 16.6. The highest BCUT2D eigenvalue weighted by Crippen LogP contribution is 2.32. The average molecular weight is 270 g/mol. The van der Waals surface area contributed by atoms with Crippen molar-refractivity contribution in [2.24, 2.45) is 0 Å². The van der Waals surface area contributed by atoms with Gasteiger partial charge in [0.1, 0.15) is 6.61 Å². The second-order valence-electron chi connectivity index (χ2n) is 3.71. The summed E-state index contributed by atoms with van der Waals surface area (Å²) in [5.41, 5.74) is -0.241. The molecule has 0 atom stereocenters. The van der Waals surface area contributed by atoms with Crippen molar-refractivity contribution in [3.05, 3.63) is 15.9 Å². The molecule has 8 nitrogen and oxygen atoms in total. The third-order valence-corrected chi connectivity index (χ3v) is 2.14. The molecule has 0 radical (unpaired) electrons. The van der Waals surface area contributed by atoms with Crippen molar-refractivity contribution in [1.29, 1.82) is 0 Å². The standard InChI is InChI=1S/C11H18N4O4/c1-4-6-19-11-9(15(16)17)10(12-5-2)13-8(14-11)7-18-3/h4-7H2,1-3H3,(H,12,13,14). The van der Waals surface area contributed by atoms with Gasteiger partial charge in [0, 0.05) is 13.7 Å². The van der Waals surface area contributed by atoms with Crippen LogP contribution in [0.25, 0.3) is 0 Å². The smallest absolute Gasteiger partial charge is 0.372 e. The molecule has 0 bridgehead atoms. The van der Waals surface area contributed by atoms with Gasteiger partial charge < -0.3 is 14.8 Å². The normalized spacial score (nSPS) is 10.3. The van der Waals surface area contributed by atoms with E-state index in [2.05, 4.69) is 15.3 Å². The first kappa shape index (κ1) is 15.1. The summed E-state index contributed by atoms with van der Waals surface area (Å²) in [6.45, 7) is 4.77. The van der Waals surface area contributed by atoms with Crippen LogP contribution in [-0.2, 0) is 11.3 Å². The fourth-order valence-electron chi connectivity index (χ4n) is 1.43. The monoisotopic (exact) mass is 270 g/mol. The first-order valence-electron chi connectivity index (χ1n) is 6.04. The SMILES string of the molecule is CCCOc1nc(COC)nc(NCC)c1[N+](=O)[O-]. The van der Waals surface area contributed by atoms with E-state index in [-0.39, 0.29) is 24.0 Å². The number of hydrogen-bond acceptors (Lipinski definition) is 7. The Morgan fingerprint density at radius 1 is 1.37 bits per heavy atom. The Hall–Kier alpha value is -1.96. The summed E-state index contributed by atoms with van der Waals surface area (Å²) < 4.78 is 10.3. The average Bonchev–Trinajstić information content (AvgIpc) is 2.36. The molecule has 19 heavy (non-hydrogen) atoms. The number of hydrogen-bond donors (Lipinski definition) is 1. The number of anilines is 1. The molecule has 0 spiro atoms. The predicted octanol–water partition coefficient (Wildman–Crippen LogP) is 1.75. The van der Waals surface area contributed by atoms with E-state index in [0.29, 0.717) is 19.0 Å². The van der Waals surface area contributed by atoms with Crippen molar-refractivity contribution < 1.29 is 14.4 Å². The van der Waals surface area contributed by atoms with E-state index >= 15 is 0 Å². The summed E-state index contributed by atoms with van der Waals surface area (Å²) in [5.74, 6) is 0.473. The van der Waals surface area contributed by atoms with Crippen LogP contribution in [0.3, 0.4) is 0 Å². The number of nitro groups is 1. The van der Waals surface area contributed by atoms with Gasteiger partial charge in [-0.1, -0.05) is 6.92 Å². The summed E-state index contributed by atoms with van der Waals surface area (Å²) >= 11 is 0. The molecule has 0 aliphatic carbocycles. The Balaban J connectivity index is 3.24. The quantitative estimate of drug-likeness (QED) is 0.567. The van der Waals surface area contributed by atoms with Crippen molar-refractivity contribution in [3.8, 4) is 5.88 Å². The second kappa shape index (κ2) is 7.47. The van der Waals surface area contributed by atoms with Gasteiger partial charge in [-0.15, -0.1) is 0 Å². The number of methoxy groups -OCH3 is 1. The van der Waals surface area contributed by atoms with Gasteiger partial charge in [-0.2, -0.15) is 4.98 Å². The Morgan fingerprint density at radius 2 is 2.11 bits per heavy atom. The lowest BCUT2D eigenvalue weighted by Gasteiger charge is -2.10. The van der Waals surface area contributed by atoms with Crippen LogP contribution >= 0.6 is 0 Å². The molecule has 0 fully saturated rings. The number of ether oxygens (including phenoxy) is 2. The van der Waals surface area contributed by atoms with Crippen molar-refractivity contribution in [3.63, 3.8) is 0 Å². The van der Waals surface area contributed by atoms with Gasteiger partial charge in [0.05, 0.1) is 11.5 Å². The summed E-state index contributed by atoms with van der Waals surface area (Å²) in [7, 11) is 1.50. The van der Waals surface area contributed by atoms with Crippen molar-refractivity contribution in [2.45, 2.75) is 26.9 Å². The van der Waals surface area contributed by atoms with Gasteiger partial charge in [0.25, 0.3) is 5.88 Å². The minimum Gasteiger partial charge on any atom is -0.473 e. The fraction of sp³-hybridized carbons (Fsp3) is 0.636. The Bertz CT molecular complexity index is 439. The first-order chi connectivity index (χ1) is 9.13. The molecule has 106 valence electrons. The van der Waals surface area contributed by atoms with E-state index in [4.69, 9.17) is 9.47 Å². The highest BCUT2D eigenvalue weighted by molar-refractivity contribution is 5.61. The van der Waals surface area contributed by atoms with Crippen LogP contribution in [0.2, 0.25) is 0 Å². The third-order valence-electron chi connectivity index (χ3n) is 2.14. The lowest BCUT2D eigenvalue weighted by atomic mass is 10.4. The summed E-state index contributed by atoms with van der Waals surface area (Å²) in [5, 5.41) is 14.0. The molecule has 0 saturated heterocycles. The molecule has 0 amide bonds. The number of nitrogens with zero attached hydrogens (tertiary/aromatic N) is 3. The zero-order valence-corrected chi connectivity index (χ0v) is 11.3. The topological polar surface area (TPSA) is 99.4 Å². The molecular weight excluding hydrogens is 252 g/mol. The van der Waals surface area contributed by atoms with E-state index in [1.165, 1.54) is 7.11 Å². The van der Waals surface area contributed by atoms with Crippen LogP contribution in [0.5, 0.6) is 5.88 Å². The number of nitrogens with one attached hydrogen (secondary N) is 1. The molecular formula is C11H18N4O4. The van der Waals surface area contributed by atoms with E-state index in [9.17, 15) is 10.1 Å². The van der Waals surface area contributed by atoms with Gasteiger partial charge in [-0.05, 0) is 13.3 Å². The molecule has 0 aromatic carbocycles. The Kier molecular flexibility index (Phi) is 5.94. The molecule has 8 heteroatoms. The lowest BCUT2D eigenvalue weighted by Crippen LogP contribution is -2.11. The minimum atomic E-state index is -0.542. The molecule has 1 heterocycles. The van der Waals surface area contributed by atoms with Gasteiger partial charge in [-0.25, -0.2) is 4.98 Å². The third kappa shape index (κ3) is 4.02. The van der Waals surface area contributed by atoms with E-state index in [0.717, 1.165) is 6.42 Å². The molecule has 0 aliphatic rings. The maximum absolute atomic E-state index is 11.1. The molecule has 0 aliphatic heterocycles. The maximum atomic E-state index is 11.1. The summed E-state index contributed by atoms with van der Waals surface area (Å²) in [6, 6.07) is 0. The van der Waals surface area contributed by atoms with Crippen LogP contribution in [0.4, 0.5) is 11.5 Å². The van der Waals surface area contributed by atoms with Crippen molar-refractivity contribution in [1.82, 2.24) is 9.97 Å². The van der Waals surface area contributed by atoms with Gasteiger partial charge >= 0.3 is 5.69 Å². The fourth-order valence-corrected chi connectivity index (χ4v) is 1.43. The van der Waals surface area contributed by atoms with E-state index in [1.807, 2.05) is 13.8 Å². The number of aromatic nitrogens is 2. The van der Waals surface area contributed by atoms with Crippen LogP contribution < -0.4 is 10.1 Å². The van der Waals surface area contributed by atoms with E-state index < -0.39 is 4.92 Å². The second-order valence-corrected chi connectivity index (χ2v) is 3.71. The molecule has 1 aromatic rings. The zero-order valence-electron chi connectivity index (χ0n) is 11.3. The van der Waals surface area contributed by atoms with Gasteiger partial charge in [0.15, 0.2) is 5.82 Å². The maximum Gasteiger partial charge on any atom is 0.372 e. The van der Waals surface area contributed by atoms with Crippen LogP contribution in [0, 0.1) is 10.1 Å². The van der Waals surface area contributed by atoms with Crippen LogP contribution in [0.15, 0.2) is 0 Å². The Labute approximate surface area is 111 Å². The number of rotatable bonds is 8. The lowest BCUT2D eigenvalue weighted by molar-refractivity contribution is -0.385. The molecule has 1 aromatic heterocycles. The van der Waals surface area contributed by atoms with Crippen LogP contribution in [0.1, 0.15) is 26.1 Å². The Morgan fingerprint density at radius 3 is 2.63 bits per heavy atom. The predicted molar refractivity (Wildman–Crippen MR) is 69.3 cm³/mol. The largest absolute Gasteiger partial charge is 0.473 e. The minimum absolute atomic E-state index is 0.0233. The van der Waals surface area contributed by atoms with Crippen molar-refractivity contribution in [2.75, 3.05) is 25.6 Å². The van der Waals surface area contributed by atoms with Crippen molar-refractivity contribution >= 4 is 11.5 Å². The van der Waals surface area contributed by atoms with E-state index in [1.54, 1.807) is 0 Å². The van der Waals surface area contributed by atoms with Crippen LogP contribution in [-0.4, -0.2) is 35.2 Å². The summed E-state index contributed by atoms with van der Waals surface area (Å²) in [6.07, 6.45) is 0.733.